The predicted molar refractivity (Wildman–Crippen MR) is 58.7 cm³/mol. The molecule has 0 radical (unpaired) electrons. The van der Waals surface area contributed by atoms with Gasteiger partial charge in [0.1, 0.15) is 12.3 Å². The third-order valence-electron chi connectivity index (χ3n) is 2.76. The van der Waals surface area contributed by atoms with Crippen molar-refractivity contribution in [3.05, 3.63) is 0 Å². The van der Waals surface area contributed by atoms with Gasteiger partial charge >= 0.3 is 0 Å². The van der Waals surface area contributed by atoms with Gasteiger partial charge in [-0.2, -0.15) is 0 Å². The number of rotatable bonds is 0. The fourth-order valence-electron chi connectivity index (χ4n) is 2.06. The number of amides is 2. The molecule has 5 heteroatoms. The van der Waals surface area contributed by atoms with Gasteiger partial charge < -0.3 is 15.0 Å². The van der Waals surface area contributed by atoms with Crippen LogP contribution in [0, 0.1) is 0 Å². The van der Waals surface area contributed by atoms with E-state index in [1.165, 1.54) is 6.92 Å². The van der Waals surface area contributed by atoms with Gasteiger partial charge in [0, 0.05) is 19.5 Å². The van der Waals surface area contributed by atoms with Crippen LogP contribution in [0.15, 0.2) is 0 Å². The Labute approximate surface area is 95.2 Å². The lowest BCUT2D eigenvalue weighted by atomic mass is 10.0. The fraction of sp³-hybridized carbons (Fsp3) is 0.727. The molecule has 2 amide bonds. The van der Waals surface area contributed by atoms with Gasteiger partial charge in [-0.25, -0.2) is 0 Å². The second kappa shape index (κ2) is 6.25. The average Bonchev–Trinajstić information content (AvgIpc) is 2.42. The summed E-state index contributed by atoms with van der Waals surface area (Å²) < 4.78 is 0. The molecule has 1 atom stereocenters. The van der Waals surface area contributed by atoms with Gasteiger partial charge in [0.05, 0.1) is 0 Å². The monoisotopic (exact) mass is 226 g/mol. The first-order chi connectivity index (χ1) is 7.70. The van der Waals surface area contributed by atoms with E-state index in [4.69, 9.17) is 4.79 Å². The van der Waals surface area contributed by atoms with Crippen molar-refractivity contribution in [2.24, 2.45) is 0 Å². The van der Waals surface area contributed by atoms with Crippen molar-refractivity contribution in [1.82, 2.24) is 10.2 Å². The molecule has 0 aliphatic carbocycles. The molecule has 5 nitrogen and oxygen atoms in total. The molecule has 0 spiro atoms. The highest BCUT2D eigenvalue weighted by Gasteiger charge is 2.33. The van der Waals surface area contributed by atoms with E-state index >= 15 is 0 Å². The van der Waals surface area contributed by atoms with Crippen LogP contribution in [0.5, 0.6) is 0 Å². The van der Waals surface area contributed by atoms with Crippen molar-refractivity contribution >= 4 is 18.1 Å². The second-order valence-electron chi connectivity index (χ2n) is 3.88. The molecule has 1 unspecified atom stereocenters. The van der Waals surface area contributed by atoms with Crippen LogP contribution in [0.4, 0.5) is 0 Å². The van der Waals surface area contributed by atoms with Crippen LogP contribution >= 0.6 is 0 Å². The first kappa shape index (κ1) is 12.7. The van der Waals surface area contributed by atoms with Crippen LogP contribution in [0.1, 0.15) is 32.6 Å². The van der Waals surface area contributed by atoms with Gasteiger partial charge in [-0.05, 0) is 26.2 Å². The van der Waals surface area contributed by atoms with Crippen LogP contribution in [0.25, 0.3) is 0 Å². The lowest BCUT2D eigenvalue weighted by Gasteiger charge is -2.32. The summed E-state index contributed by atoms with van der Waals surface area (Å²) in [6.45, 7) is 2.71. The number of nitrogens with zero attached hydrogens (tertiary/aromatic N) is 1. The maximum Gasteiger partial charge on any atom is 0.242 e. The number of carbonyl (C=O) groups is 3. The minimum absolute atomic E-state index is 0.0329. The number of hydrogen-bond donors (Lipinski definition) is 1. The van der Waals surface area contributed by atoms with Gasteiger partial charge in [-0.15, -0.1) is 0 Å². The zero-order valence-corrected chi connectivity index (χ0v) is 9.57. The number of aldehydes is 1. The van der Waals surface area contributed by atoms with E-state index in [1.807, 2.05) is 0 Å². The molecule has 2 aliphatic rings. The van der Waals surface area contributed by atoms with E-state index in [0.717, 1.165) is 32.1 Å². The molecule has 0 bridgehead atoms. The molecule has 2 aliphatic heterocycles. The quantitative estimate of drug-likeness (QED) is 0.595. The van der Waals surface area contributed by atoms with Gasteiger partial charge in [0.25, 0.3) is 0 Å². The highest BCUT2D eigenvalue weighted by molar-refractivity contribution is 5.90. The number of hydrogen-bond acceptors (Lipinski definition) is 3. The molecule has 2 rings (SSSR count). The molecular weight excluding hydrogens is 208 g/mol. The second-order valence-corrected chi connectivity index (χ2v) is 3.88. The topological polar surface area (TPSA) is 66.5 Å². The molecule has 16 heavy (non-hydrogen) atoms. The first-order valence-electron chi connectivity index (χ1n) is 5.67. The van der Waals surface area contributed by atoms with E-state index in [-0.39, 0.29) is 17.9 Å². The molecule has 90 valence electrons. The Kier molecular flexibility index (Phi) is 4.95. The fourth-order valence-corrected chi connectivity index (χ4v) is 2.06. The van der Waals surface area contributed by atoms with Crippen molar-refractivity contribution in [1.29, 1.82) is 0 Å². The minimum Gasteiger partial charge on any atom is -0.354 e. The molecule has 0 aromatic heterocycles. The maximum absolute atomic E-state index is 11.5. The Balaban J connectivity index is 0.000000386. The molecule has 0 saturated carbocycles. The largest absolute Gasteiger partial charge is 0.354 e. The Bertz CT molecular complexity index is 254. The summed E-state index contributed by atoms with van der Waals surface area (Å²) in [6.07, 6.45) is 4.14. The maximum atomic E-state index is 11.5. The summed E-state index contributed by atoms with van der Waals surface area (Å²) in [6, 6.07) is -0.177. The Morgan fingerprint density at radius 1 is 1.38 bits per heavy atom. The lowest BCUT2D eigenvalue weighted by Crippen LogP contribution is -2.48. The lowest BCUT2D eigenvalue weighted by molar-refractivity contribution is -0.139. The van der Waals surface area contributed by atoms with Crippen molar-refractivity contribution in [2.45, 2.75) is 38.6 Å². The Hall–Kier alpha value is -1.39. The molecule has 0 aromatic carbocycles. The zero-order chi connectivity index (χ0) is 12.0. The van der Waals surface area contributed by atoms with Crippen LogP contribution < -0.4 is 5.32 Å². The van der Waals surface area contributed by atoms with Crippen molar-refractivity contribution in [3.8, 4) is 0 Å². The number of fused-ring (bicyclic) bond motifs is 1. The summed E-state index contributed by atoms with van der Waals surface area (Å²) >= 11 is 0. The van der Waals surface area contributed by atoms with E-state index in [0.29, 0.717) is 13.0 Å². The Morgan fingerprint density at radius 3 is 2.75 bits per heavy atom. The molecule has 1 N–H and O–H groups in total. The summed E-state index contributed by atoms with van der Waals surface area (Å²) in [5.74, 6) is 0.161. The van der Waals surface area contributed by atoms with Crippen LogP contribution in [-0.2, 0) is 14.4 Å². The normalized spacial score (nSPS) is 24.6. The molecule has 2 fully saturated rings. The van der Waals surface area contributed by atoms with Crippen molar-refractivity contribution in [3.63, 3.8) is 0 Å². The number of carbonyl (C=O) groups excluding carboxylic acids is 3. The molecular formula is C11H18N2O3. The van der Waals surface area contributed by atoms with E-state index in [9.17, 15) is 9.59 Å². The molecule has 2 saturated heterocycles. The smallest absolute Gasteiger partial charge is 0.242 e. The van der Waals surface area contributed by atoms with Gasteiger partial charge in [-0.1, -0.05) is 0 Å². The van der Waals surface area contributed by atoms with Crippen LogP contribution in [0.2, 0.25) is 0 Å². The zero-order valence-electron chi connectivity index (χ0n) is 9.57. The van der Waals surface area contributed by atoms with E-state index in [1.54, 1.807) is 4.90 Å². The van der Waals surface area contributed by atoms with E-state index in [2.05, 4.69) is 5.32 Å². The number of nitrogens with one attached hydrogen (secondary N) is 1. The molecule has 2 heterocycles. The average molecular weight is 226 g/mol. The van der Waals surface area contributed by atoms with Crippen LogP contribution in [-0.4, -0.2) is 42.1 Å². The summed E-state index contributed by atoms with van der Waals surface area (Å²) in [5.41, 5.74) is 0. The number of piperidine rings is 1. The Morgan fingerprint density at radius 2 is 2.06 bits per heavy atom. The summed E-state index contributed by atoms with van der Waals surface area (Å²) in [5, 5.41) is 2.77. The van der Waals surface area contributed by atoms with Crippen molar-refractivity contribution < 1.29 is 14.4 Å². The third-order valence-corrected chi connectivity index (χ3v) is 2.76. The van der Waals surface area contributed by atoms with Gasteiger partial charge in [0.15, 0.2) is 0 Å². The van der Waals surface area contributed by atoms with Crippen molar-refractivity contribution in [2.75, 3.05) is 13.1 Å². The SMILES string of the molecule is CC=O.O=C1NCCC(=O)N2CCCCC12. The van der Waals surface area contributed by atoms with Crippen LogP contribution in [0.3, 0.4) is 0 Å². The summed E-state index contributed by atoms with van der Waals surface area (Å²) in [7, 11) is 0. The van der Waals surface area contributed by atoms with E-state index < -0.39 is 0 Å². The predicted octanol–water partition coefficient (Wildman–Crippen LogP) is 0.0926. The first-order valence-corrected chi connectivity index (χ1v) is 5.67. The minimum atomic E-state index is -0.177. The van der Waals surface area contributed by atoms with Gasteiger partial charge in [-0.3, -0.25) is 9.59 Å². The van der Waals surface area contributed by atoms with Gasteiger partial charge in [0.2, 0.25) is 11.8 Å². The third kappa shape index (κ3) is 3.05. The summed E-state index contributed by atoms with van der Waals surface area (Å²) in [4.78, 5) is 33.6. The molecule has 0 aromatic rings. The standard InChI is InChI=1S/C9H14N2O2.C2H4O/c12-8-4-5-10-9(13)7-3-1-2-6-11(7)8;1-2-3/h7H,1-6H2,(H,10,13);2H,1H3. The highest BCUT2D eigenvalue weighted by atomic mass is 16.2. The highest BCUT2D eigenvalue weighted by Crippen LogP contribution is 2.19.